The predicted molar refractivity (Wildman–Crippen MR) is 149 cm³/mol. The van der Waals surface area contributed by atoms with E-state index in [1.54, 1.807) is 36.5 Å². The first-order valence-corrected chi connectivity index (χ1v) is 13.5. The average Bonchev–Trinajstić information content (AvgIpc) is 2.85. The summed E-state index contributed by atoms with van der Waals surface area (Å²) in [4.78, 5) is 15.2. The lowest BCUT2D eigenvalue weighted by Crippen LogP contribution is -2.19. The third-order valence-corrected chi connectivity index (χ3v) is 6.88. The van der Waals surface area contributed by atoms with Crippen molar-refractivity contribution in [1.29, 1.82) is 0 Å². The molecule has 0 aliphatic carbocycles. The molecule has 4 rings (SSSR count). The standard InChI is InChI=1S/C25H26ClN5O5S.CH4/c1-31(2)8-9-36-22-7-4-17(12-28-22)29-24-21(37(3,34)35)13-27-20-6-5-19(30-23(20)24)15-10-16(14-32)25(33)18(26)11-15;/h4-7,10-13,32-33H,8-9,14H2,1-3H3,(H,27,29);1H4. The van der Waals surface area contributed by atoms with Gasteiger partial charge >= 0.3 is 0 Å². The van der Waals surface area contributed by atoms with Gasteiger partial charge in [-0.05, 0) is 44.4 Å². The number of halogens is 1. The quantitative estimate of drug-likeness (QED) is 0.272. The van der Waals surface area contributed by atoms with Crippen LogP contribution in [0.25, 0.3) is 22.3 Å². The smallest absolute Gasteiger partial charge is 0.213 e. The first-order valence-electron chi connectivity index (χ1n) is 11.2. The highest BCUT2D eigenvalue weighted by molar-refractivity contribution is 7.90. The van der Waals surface area contributed by atoms with Crippen LogP contribution in [0.5, 0.6) is 11.6 Å². The Labute approximate surface area is 226 Å². The number of aromatic hydroxyl groups is 1. The van der Waals surface area contributed by atoms with Crippen LogP contribution in [0.15, 0.2) is 53.7 Å². The number of aromatic nitrogens is 3. The van der Waals surface area contributed by atoms with Crippen molar-refractivity contribution in [1.82, 2.24) is 19.9 Å². The van der Waals surface area contributed by atoms with Crippen molar-refractivity contribution < 1.29 is 23.4 Å². The van der Waals surface area contributed by atoms with Crippen LogP contribution >= 0.6 is 11.6 Å². The molecule has 0 aliphatic heterocycles. The molecule has 10 nitrogen and oxygen atoms in total. The minimum atomic E-state index is -3.68. The molecule has 0 amide bonds. The number of pyridine rings is 3. The summed E-state index contributed by atoms with van der Waals surface area (Å²) < 4.78 is 30.9. The molecule has 3 aromatic heterocycles. The van der Waals surface area contributed by atoms with E-state index in [9.17, 15) is 18.6 Å². The normalized spacial score (nSPS) is 11.4. The van der Waals surface area contributed by atoms with Gasteiger partial charge in [-0.25, -0.2) is 18.4 Å². The Morgan fingerprint density at radius 3 is 2.50 bits per heavy atom. The van der Waals surface area contributed by atoms with Crippen molar-refractivity contribution in [2.75, 3.05) is 38.8 Å². The number of fused-ring (bicyclic) bond motifs is 1. The number of likely N-dealkylation sites (N-methyl/N-ethyl adjacent to an activating group) is 1. The minimum Gasteiger partial charge on any atom is -0.506 e. The summed E-state index contributed by atoms with van der Waals surface area (Å²) in [6.45, 7) is 0.801. The Kier molecular flexibility index (Phi) is 9.10. The average molecular weight is 560 g/mol. The maximum absolute atomic E-state index is 12.6. The highest BCUT2D eigenvalue weighted by atomic mass is 35.5. The van der Waals surface area contributed by atoms with Gasteiger partial charge in [0, 0.05) is 36.2 Å². The summed E-state index contributed by atoms with van der Waals surface area (Å²) in [6, 6.07) is 9.90. The Balaban J connectivity index is 0.00000400. The maximum Gasteiger partial charge on any atom is 0.213 e. The summed E-state index contributed by atoms with van der Waals surface area (Å²) in [7, 11) is 0.220. The largest absolute Gasteiger partial charge is 0.506 e. The third-order valence-electron chi connectivity index (χ3n) is 5.48. The zero-order valence-electron chi connectivity index (χ0n) is 20.4. The van der Waals surface area contributed by atoms with Gasteiger partial charge in [0.15, 0.2) is 9.84 Å². The van der Waals surface area contributed by atoms with E-state index in [2.05, 4.69) is 20.3 Å². The maximum atomic E-state index is 12.6. The van der Waals surface area contributed by atoms with Crippen LogP contribution in [-0.4, -0.2) is 72.0 Å². The van der Waals surface area contributed by atoms with E-state index < -0.39 is 16.4 Å². The molecule has 0 aliphatic rings. The number of ether oxygens (including phenoxy) is 1. The van der Waals surface area contributed by atoms with Gasteiger partial charge < -0.3 is 25.2 Å². The Morgan fingerprint density at radius 2 is 1.87 bits per heavy atom. The van der Waals surface area contributed by atoms with Crippen LogP contribution < -0.4 is 10.1 Å². The third kappa shape index (κ3) is 6.48. The number of anilines is 2. The lowest BCUT2D eigenvalue weighted by atomic mass is 10.1. The molecule has 0 bridgehead atoms. The number of hydrogen-bond acceptors (Lipinski definition) is 10. The van der Waals surface area contributed by atoms with Gasteiger partial charge in [-0.2, -0.15) is 0 Å². The number of rotatable bonds is 9. The van der Waals surface area contributed by atoms with E-state index in [-0.39, 0.29) is 34.3 Å². The lowest BCUT2D eigenvalue weighted by Gasteiger charge is -2.15. The SMILES string of the molecule is C.CN(C)CCOc1ccc(Nc2c(S(C)(=O)=O)cnc3ccc(-c4cc(Cl)c(O)c(CO)c4)nc23)cn1. The highest BCUT2D eigenvalue weighted by Crippen LogP contribution is 2.36. The molecule has 38 heavy (non-hydrogen) atoms. The van der Waals surface area contributed by atoms with Gasteiger partial charge in [0.05, 0.1) is 40.4 Å². The van der Waals surface area contributed by atoms with E-state index in [0.717, 1.165) is 12.8 Å². The Morgan fingerprint density at radius 1 is 1.11 bits per heavy atom. The molecule has 0 atom stereocenters. The molecule has 0 saturated carbocycles. The van der Waals surface area contributed by atoms with Gasteiger partial charge in [-0.1, -0.05) is 19.0 Å². The van der Waals surface area contributed by atoms with Crippen molar-refractivity contribution in [3.05, 3.63) is 59.4 Å². The zero-order valence-corrected chi connectivity index (χ0v) is 22.0. The van der Waals surface area contributed by atoms with Crippen molar-refractivity contribution >= 4 is 43.8 Å². The van der Waals surface area contributed by atoms with E-state index >= 15 is 0 Å². The van der Waals surface area contributed by atoms with E-state index in [4.69, 9.17) is 16.3 Å². The Hall–Kier alpha value is -3.51. The van der Waals surface area contributed by atoms with Gasteiger partial charge in [-0.3, -0.25) is 4.98 Å². The monoisotopic (exact) mass is 559 g/mol. The van der Waals surface area contributed by atoms with Gasteiger partial charge in [-0.15, -0.1) is 0 Å². The van der Waals surface area contributed by atoms with E-state index in [0.29, 0.717) is 40.5 Å². The van der Waals surface area contributed by atoms with Crippen LogP contribution in [0.1, 0.15) is 13.0 Å². The highest BCUT2D eigenvalue weighted by Gasteiger charge is 2.20. The number of nitrogens with zero attached hydrogens (tertiary/aromatic N) is 4. The first-order chi connectivity index (χ1) is 17.6. The second kappa shape index (κ2) is 11.9. The van der Waals surface area contributed by atoms with E-state index in [1.807, 2.05) is 19.0 Å². The van der Waals surface area contributed by atoms with Gasteiger partial charge in [0.1, 0.15) is 22.8 Å². The van der Waals surface area contributed by atoms with Gasteiger partial charge in [0.2, 0.25) is 5.88 Å². The van der Waals surface area contributed by atoms with Crippen LogP contribution in [0.3, 0.4) is 0 Å². The predicted octanol–water partition coefficient (Wildman–Crippen LogP) is 4.27. The molecule has 1 aromatic carbocycles. The number of aliphatic hydroxyl groups excluding tert-OH is 1. The molecule has 12 heteroatoms. The number of benzene rings is 1. The molecule has 0 saturated heterocycles. The molecule has 0 unspecified atom stereocenters. The second-order valence-corrected chi connectivity index (χ2v) is 11.0. The zero-order chi connectivity index (χ0) is 26.7. The first kappa shape index (κ1) is 29.1. The molecular weight excluding hydrogens is 530 g/mol. The molecule has 4 aromatic rings. The van der Waals surface area contributed by atoms with Crippen LogP contribution in [0, 0.1) is 0 Å². The van der Waals surface area contributed by atoms with Crippen LogP contribution in [-0.2, 0) is 16.4 Å². The molecule has 0 spiro atoms. The van der Waals surface area contributed by atoms with Crippen LogP contribution in [0.2, 0.25) is 5.02 Å². The number of aliphatic hydroxyl groups is 1. The molecular formula is C26H30ClN5O5S. The number of hydrogen-bond donors (Lipinski definition) is 3. The van der Waals surface area contributed by atoms with Crippen molar-refractivity contribution in [3.63, 3.8) is 0 Å². The molecule has 0 fully saturated rings. The topological polar surface area (TPSA) is 138 Å². The van der Waals surface area contributed by atoms with Crippen molar-refractivity contribution in [2.45, 2.75) is 18.9 Å². The summed E-state index contributed by atoms with van der Waals surface area (Å²) >= 11 is 6.14. The lowest BCUT2D eigenvalue weighted by molar-refractivity contribution is 0.254. The summed E-state index contributed by atoms with van der Waals surface area (Å²) in [5, 5.41) is 22.8. The van der Waals surface area contributed by atoms with Crippen molar-refractivity contribution in [2.24, 2.45) is 0 Å². The summed E-state index contributed by atoms with van der Waals surface area (Å²) in [5.74, 6) is 0.235. The summed E-state index contributed by atoms with van der Waals surface area (Å²) in [6.07, 6.45) is 3.92. The second-order valence-electron chi connectivity index (χ2n) is 8.62. The van der Waals surface area contributed by atoms with Gasteiger partial charge in [0.25, 0.3) is 0 Å². The minimum absolute atomic E-state index is 0. The number of nitrogens with one attached hydrogen (secondary N) is 1. The molecule has 3 heterocycles. The fourth-order valence-corrected chi connectivity index (χ4v) is 4.55. The Bertz CT molecular complexity index is 1550. The summed E-state index contributed by atoms with van der Waals surface area (Å²) in [5.41, 5.74) is 2.76. The van der Waals surface area contributed by atoms with Crippen molar-refractivity contribution in [3.8, 4) is 22.9 Å². The number of sulfone groups is 1. The molecule has 0 radical (unpaired) electrons. The fraction of sp³-hybridized carbons (Fsp3) is 0.269. The van der Waals surface area contributed by atoms with Crippen LogP contribution in [0.4, 0.5) is 11.4 Å². The fourth-order valence-electron chi connectivity index (χ4n) is 3.55. The number of phenols is 1. The van der Waals surface area contributed by atoms with E-state index in [1.165, 1.54) is 12.3 Å². The molecule has 3 N–H and O–H groups in total. The molecule has 202 valence electrons.